The van der Waals surface area contributed by atoms with Gasteiger partial charge in [-0.25, -0.2) is 0 Å². The highest BCUT2D eigenvalue weighted by atomic mass is 16.3. The summed E-state index contributed by atoms with van der Waals surface area (Å²) in [6, 6.07) is 7.04. The number of rotatable bonds is 7. The zero-order valence-corrected chi connectivity index (χ0v) is 13.6. The van der Waals surface area contributed by atoms with Crippen molar-refractivity contribution in [2.45, 2.75) is 38.6 Å². The van der Waals surface area contributed by atoms with Gasteiger partial charge >= 0.3 is 0 Å². The van der Waals surface area contributed by atoms with Crippen molar-refractivity contribution < 1.29 is 9.21 Å². The summed E-state index contributed by atoms with van der Waals surface area (Å²) in [5.41, 5.74) is 1.82. The van der Waals surface area contributed by atoms with Gasteiger partial charge in [-0.05, 0) is 56.4 Å². The lowest BCUT2D eigenvalue weighted by Crippen LogP contribution is -2.24. The van der Waals surface area contributed by atoms with Crippen LogP contribution in [0.1, 0.15) is 48.4 Å². The summed E-state index contributed by atoms with van der Waals surface area (Å²) < 4.78 is 5.17. The summed E-state index contributed by atoms with van der Waals surface area (Å²) in [6.07, 6.45) is 9.99. The standard InChI is InChI=1S/C18H22N4O2/c23-18(20-13-15-7-4-12-24-15)16-8-9-17(22-21-16)19-11-10-14-5-2-1-3-6-14/h4-5,7-9,12H,1-3,6,10-11,13H2,(H,19,22)(H,20,23). The van der Waals surface area contributed by atoms with Crippen molar-refractivity contribution in [1.82, 2.24) is 15.5 Å². The van der Waals surface area contributed by atoms with Crippen LogP contribution in [0.4, 0.5) is 5.82 Å². The Hall–Kier alpha value is -2.63. The van der Waals surface area contributed by atoms with Gasteiger partial charge in [0.05, 0.1) is 12.8 Å². The van der Waals surface area contributed by atoms with E-state index >= 15 is 0 Å². The van der Waals surface area contributed by atoms with Gasteiger partial charge in [-0.2, -0.15) is 0 Å². The zero-order valence-electron chi connectivity index (χ0n) is 13.6. The Labute approximate surface area is 141 Å². The molecule has 6 nitrogen and oxygen atoms in total. The van der Waals surface area contributed by atoms with E-state index in [0.29, 0.717) is 23.8 Å². The second-order valence-corrected chi connectivity index (χ2v) is 5.85. The normalized spacial score (nSPS) is 14.1. The second kappa shape index (κ2) is 8.29. The monoisotopic (exact) mass is 326 g/mol. The van der Waals surface area contributed by atoms with Gasteiger partial charge in [0.2, 0.25) is 0 Å². The maximum Gasteiger partial charge on any atom is 0.272 e. The highest BCUT2D eigenvalue weighted by Gasteiger charge is 2.09. The van der Waals surface area contributed by atoms with Crippen LogP contribution in [-0.2, 0) is 6.54 Å². The fraction of sp³-hybridized carbons (Fsp3) is 0.389. The molecule has 2 aromatic rings. The molecule has 0 saturated carbocycles. The molecule has 2 aromatic heterocycles. The van der Waals surface area contributed by atoms with Crippen molar-refractivity contribution in [2.75, 3.05) is 11.9 Å². The molecule has 2 heterocycles. The number of furan rings is 1. The number of hydrogen-bond donors (Lipinski definition) is 2. The summed E-state index contributed by atoms with van der Waals surface area (Å²) in [4.78, 5) is 12.0. The average Bonchev–Trinajstić information content (AvgIpc) is 3.15. The second-order valence-electron chi connectivity index (χ2n) is 5.85. The molecule has 0 radical (unpaired) electrons. The Morgan fingerprint density at radius 1 is 1.21 bits per heavy atom. The van der Waals surface area contributed by atoms with E-state index in [4.69, 9.17) is 4.42 Å². The van der Waals surface area contributed by atoms with Gasteiger partial charge in [0, 0.05) is 6.54 Å². The summed E-state index contributed by atoms with van der Waals surface area (Å²) in [5.74, 6) is 1.12. The molecule has 0 unspecified atom stereocenters. The van der Waals surface area contributed by atoms with Crippen LogP contribution in [0.3, 0.4) is 0 Å². The minimum Gasteiger partial charge on any atom is -0.467 e. The highest BCUT2D eigenvalue weighted by molar-refractivity contribution is 5.92. The zero-order chi connectivity index (χ0) is 16.6. The predicted octanol–water partition coefficient (Wildman–Crippen LogP) is 3.30. The molecule has 0 fully saturated rings. The molecule has 0 spiro atoms. The number of amides is 1. The lowest BCUT2D eigenvalue weighted by molar-refractivity contribution is 0.0942. The molecule has 0 aliphatic heterocycles. The first kappa shape index (κ1) is 16.2. The minimum atomic E-state index is -0.266. The number of anilines is 1. The number of carbonyl (C=O) groups excluding carboxylic acids is 1. The fourth-order valence-corrected chi connectivity index (χ4v) is 2.70. The molecule has 3 rings (SSSR count). The number of allylic oxidation sites excluding steroid dienone is 1. The maximum atomic E-state index is 12.0. The third kappa shape index (κ3) is 4.68. The smallest absolute Gasteiger partial charge is 0.272 e. The first-order valence-corrected chi connectivity index (χ1v) is 8.37. The van der Waals surface area contributed by atoms with Crippen LogP contribution >= 0.6 is 0 Å². The SMILES string of the molecule is O=C(NCc1ccco1)c1ccc(NCCC2=CCCCC2)nn1. The Balaban J connectivity index is 1.44. The van der Waals surface area contributed by atoms with Gasteiger partial charge in [0.25, 0.3) is 5.91 Å². The van der Waals surface area contributed by atoms with Gasteiger partial charge < -0.3 is 15.1 Å². The molecule has 2 N–H and O–H groups in total. The molecule has 1 aliphatic rings. The minimum absolute atomic E-state index is 0.266. The lowest BCUT2D eigenvalue weighted by Gasteiger charge is -2.13. The Kier molecular flexibility index (Phi) is 5.61. The van der Waals surface area contributed by atoms with Gasteiger partial charge in [0.15, 0.2) is 5.69 Å². The predicted molar refractivity (Wildman–Crippen MR) is 91.6 cm³/mol. The molecule has 1 aliphatic carbocycles. The molecular weight excluding hydrogens is 304 g/mol. The van der Waals surface area contributed by atoms with E-state index in [2.05, 4.69) is 26.9 Å². The number of nitrogens with zero attached hydrogens (tertiary/aromatic N) is 2. The van der Waals surface area contributed by atoms with Crippen molar-refractivity contribution in [3.05, 3.63) is 53.6 Å². The first-order valence-electron chi connectivity index (χ1n) is 8.37. The van der Waals surface area contributed by atoms with E-state index in [1.54, 1.807) is 30.5 Å². The van der Waals surface area contributed by atoms with Crippen molar-refractivity contribution in [1.29, 1.82) is 0 Å². The topological polar surface area (TPSA) is 80.0 Å². The lowest BCUT2D eigenvalue weighted by atomic mass is 9.97. The van der Waals surface area contributed by atoms with Crippen molar-refractivity contribution >= 4 is 11.7 Å². The molecule has 1 amide bonds. The van der Waals surface area contributed by atoms with Crippen LogP contribution < -0.4 is 10.6 Å². The molecule has 0 bridgehead atoms. The van der Waals surface area contributed by atoms with Gasteiger partial charge in [-0.15, -0.1) is 10.2 Å². The number of hydrogen-bond acceptors (Lipinski definition) is 5. The Bertz CT molecular complexity index is 678. The van der Waals surface area contributed by atoms with Crippen LogP contribution in [0.5, 0.6) is 0 Å². The van der Waals surface area contributed by atoms with E-state index in [0.717, 1.165) is 13.0 Å². The summed E-state index contributed by atoms with van der Waals surface area (Å²) in [7, 11) is 0. The van der Waals surface area contributed by atoms with Gasteiger partial charge in [0.1, 0.15) is 11.6 Å². The van der Waals surface area contributed by atoms with E-state index in [-0.39, 0.29) is 5.91 Å². The molecule has 24 heavy (non-hydrogen) atoms. The number of nitrogens with one attached hydrogen (secondary N) is 2. The third-order valence-electron chi connectivity index (χ3n) is 4.04. The molecule has 0 atom stereocenters. The number of carbonyl (C=O) groups is 1. The average molecular weight is 326 g/mol. The van der Waals surface area contributed by atoms with Crippen LogP contribution in [0.2, 0.25) is 0 Å². The van der Waals surface area contributed by atoms with E-state index in [1.165, 1.54) is 31.3 Å². The third-order valence-corrected chi connectivity index (χ3v) is 4.04. The quantitative estimate of drug-likeness (QED) is 0.763. The number of aromatic nitrogens is 2. The maximum absolute atomic E-state index is 12.0. The van der Waals surface area contributed by atoms with Crippen molar-refractivity contribution in [3.8, 4) is 0 Å². The largest absolute Gasteiger partial charge is 0.467 e. The van der Waals surface area contributed by atoms with Gasteiger partial charge in [-0.3, -0.25) is 4.79 Å². The van der Waals surface area contributed by atoms with E-state index in [1.807, 2.05) is 0 Å². The first-order chi connectivity index (χ1) is 11.8. The molecule has 126 valence electrons. The van der Waals surface area contributed by atoms with Crippen molar-refractivity contribution in [3.63, 3.8) is 0 Å². The van der Waals surface area contributed by atoms with Crippen LogP contribution in [-0.4, -0.2) is 22.6 Å². The van der Waals surface area contributed by atoms with Crippen LogP contribution in [0.25, 0.3) is 0 Å². The Morgan fingerprint density at radius 2 is 2.17 bits per heavy atom. The summed E-state index contributed by atoms with van der Waals surface area (Å²) in [5, 5.41) is 14.0. The van der Waals surface area contributed by atoms with E-state index in [9.17, 15) is 4.79 Å². The van der Waals surface area contributed by atoms with Crippen LogP contribution in [0, 0.1) is 0 Å². The highest BCUT2D eigenvalue weighted by Crippen LogP contribution is 2.19. The Morgan fingerprint density at radius 3 is 2.88 bits per heavy atom. The summed E-state index contributed by atoms with van der Waals surface area (Å²) in [6.45, 7) is 1.17. The fourth-order valence-electron chi connectivity index (χ4n) is 2.70. The molecule has 0 saturated heterocycles. The van der Waals surface area contributed by atoms with Gasteiger partial charge in [-0.1, -0.05) is 11.6 Å². The molecule has 0 aromatic carbocycles. The molecule has 6 heteroatoms. The van der Waals surface area contributed by atoms with E-state index < -0.39 is 0 Å². The molecular formula is C18H22N4O2. The summed E-state index contributed by atoms with van der Waals surface area (Å²) >= 11 is 0. The van der Waals surface area contributed by atoms with Crippen molar-refractivity contribution in [2.24, 2.45) is 0 Å². The van der Waals surface area contributed by atoms with Crippen LogP contribution in [0.15, 0.2) is 46.6 Å².